The number of carbonyl (C=O) groups excluding carboxylic acids is 1. The number of aliphatic hydroxyl groups is 1. The number of anilines is 2. The van der Waals surface area contributed by atoms with Gasteiger partial charge in [-0.25, -0.2) is 8.42 Å². The summed E-state index contributed by atoms with van der Waals surface area (Å²) in [6.45, 7) is 4.99. The summed E-state index contributed by atoms with van der Waals surface area (Å²) in [6, 6.07) is 25.4. The van der Waals surface area contributed by atoms with Crippen LogP contribution in [0.4, 0.5) is 11.4 Å². The number of halogens is 1. The van der Waals surface area contributed by atoms with Gasteiger partial charge in [-0.1, -0.05) is 48.0 Å². The lowest BCUT2D eigenvalue weighted by atomic mass is 10.1. The lowest BCUT2D eigenvalue weighted by molar-refractivity contribution is -0.114. The van der Waals surface area contributed by atoms with Crippen LogP contribution in [0.1, 0.15) is 18.1 Å². The molecule has 5 rings (SSSR count). The topological polar surface area (TPSA) is 91.6 Å². The van der Waals surface area contributed by atoms with Gasteiger partial charge < -0.3 is 15.0 Å². The van der Waals surface area contributed by atoms with Gasteiger partial charge in [-0.15, -0.1) is 0 Å². The smallest absolute Gasteiger partial charge is 0.264 e. The minimum absolute atomic E-state index is 0.0608. The van der Waals surface area contributed by atoms with E-state index in [1.807, 2.05) is 53.1 Å². The lowest BCUT2D eigenvalue weighted by Gasteiger charge is -2.30. The quantitative estimate of drug-likeness (QED) is 0.228. The standard InChI is InChI=1S/C31H30ClN3O4S/c1-20-16-24(33-22(3)36)17-21(2)31(20)35(40(38,39)26-14-12-23(32)13-15-26)19-25(37)18-34-29-10-6-4-8-27(29)28-9-5-7-11-30(28)34/h4-17,25,37H,18-19H2,1-3H3,(H,33,36). The summed E-state index contributed by atoms with van der Waals surface area (Å²) in [5.74, 6) is -0.223. The van der Waals surface area contributed by atoms with Crippen molar-refractivity contribution in [2.75, 3.05) is 16.2 Å². The molecular weight excluding hydrogens is 546 g/mol. The Morgan fingerprint density at radius 2 is 1.45 bits per heavy atom. The predicted molar refractivity (Wildman–Crippen MR) is 162 cm³/mol. The van der Waals surface area contributed by atoms with Gasteiger partial charge in [-0.3, -0.25) is 9.10 Å². The molecule has 0 aliphatic rings. The summed E-state index contributed by atoms with van der Waals surface area (Å²) in [6.07, 6.45) is -1.05. The summed E-state index contributed by atoms with van der Waals surface area (Å²) in [5, 5.41) is 16.8. The van der Waals surface area contributed by atoms with Gasteiger partial charge in [-0.05, 0) is 73.5 Å². The highest BCUT2D eigenvalue weighted by Gasteiger charge is 2.30. The Labute approximate surface area is 238 Å². The number of nitrogens with zero attached hydrogens (tertiary/aromatic N) is 2. The number of fused-ring (bicyclic) bond motifs is 3. The second-order valence-electron chi connectivity index (χ2n) is 9.93. The Balaban J connectivity index is 1.58. The van der Waals surface area contributed by atoms with Crippen molar-refractivity contribution in [1.29, 1.82) is 0 Å². The van der Waals surface area contributed by atoms with Crippen LogP contribution in [-0.2, 0) is 21.4 Å². The first-order valence-electron chi connectivity index (χ1n) is 12.9. The molecule has 0 radical (unpaired) electrons. The van der Waals surface area contributed by atoms with Crippen molar-refractivity contribution in [3.63, 3.8) is 0 Å². The molecule has 0 fully saturated rings. The first-order valence-corrected chi connectivity index (χ1v) is 14.7. The minimum atomic E-state index is -4.09. The molecule has 5 aromatic rings. The zero-order chi connectivity index (χ0) is 28.6. The Hall–Kier alpha value is -3.85. The van der Waals surface area contributed by atoms with E-state index in [1.165, 1.54) is 35.5 Å². The Morgan fingerprint density at radius 3 is 1.98 bits per heavy atom. The van der Waals surface area contributed by atoms with E-state index in [0.717, 1.165) is 21.8 Å². The monoisotopic (exact) mass is 575 g/mol. The molecule has 4 aromatic carbocycles. The van der Waals surface area contributed by atoms with E-state index in [-0.39, 0.29) is 23.9 Å². The first-order chi connectivity index (χ1) is 19.1. The van der Waals surface area contributed by atoms with Crippen molar-refractivity contribution < 1.29 is 18.3 Å². The van der Waals surface area contributed by atoms with Gasteiger partial charge in [0, 0.05) is 39.4 Å². The van der Waals surface area contributed by atoms with Crippen molar-refractivity contribution >= 4 is 60.7 Å². The van der Waals surface area contributed by atoms with Crippen molar-refractivity contribution in [1.82, 2.24) is 4.57 Å². The SMILES string of the molecule is CC(=O)Nc1cc(C)c(N(CC(O)Cn2c3ccccc3c3ccccc32)S(=O)(=O)c2ccc(Cl)cc2)c(C)c1. The van der Waals surface area contributed by atoms with E-state index in [9.17, 15) is 18.3 Å². The molecule has 1 unspecified atom stereocenters. The van der Waals surface area contributed by atoms with Crippen LogP contribution in [0.5, 0.6) is 0 Å². The number of benzene rings is 4. The molecule has 0 aliphatic carbocycles. The average molecular weight is 576 g/mol. The number of aromatic nitrogens is 1. The molecule has 0 saturated heterocycles. The fourth-order valence-corrected chi connectivity index (χ4v) is 7.09. The molecule has 0 aliphatic heterocycles. The number of aryl methyl sites for hydroxylation is 2. The van der Waals surface area contributed by atoms with Crippen LogP contribution in [0.3, 0.4) is 0 Å². The molecule has 9 heteroatoms. The van der Waals surface area contributed by atoms with E-state index in [4.69, 9.17) is 11.6 Å². The number of carbonyl (C=O) groups is 1. The third-order valence-electron chi connectivity index (χ3n) is 6.91. The van der Waals surface area contributed by atoms with Crippen LogP contribution >= 0.6 is 11.6 Å². The zero-order valence-electron chi connectivity index (χ0n) is 22.4. The highest BCUT2D eigenvalue weighted by atomic mass is 35.5. The molecule has 1 atom stereocenters. The highest BCUT2D eigenvalue weighted by molar-refractivity contribution is 7.92. The number of para-hydroxylation sites is 2. The molecule has 2 N–H and O–H groups in total. The molecule has 1 aromatic heterocycles. The maximum absolute atomic E-state index is 14.1. The third-order valence-corrected chi connectivity index (χ3v) is 8.94. The zero-order valence-corrected chi connectivity index (χ0v) is 24.0. The maximum atomic E-state index is 14.1. The van der Waals surface area contributed by atoms with E-state index < -0.39 is 16.1 Å². The van der Waals surface area contributed by atoms with Gasteiger partial charge in [0.15, 0.2) is 0 Å². The largest absolute Gasteiger partial charge is 0.389 e. The van der Waals surface area contributed by atoms with E-state index in [2.05, 4.69) is 5.32 Å². The van der Waals surface area contributed by atoms with Gasteiger partial charge >= 0.3 is 0 Å². The van der Waals surface area contributed by atoms with E-state index in [0.29, 0.717) is 27.5 Å². The van der Waals surface area contributed by atoms with Gasteiger partial charge in [-0.2, -0.15) is 0 Å². The number of hydrogen-bond acceptors (Lipinski definition) is 4. The van der Waals surface area contributed by atoms with Crippen LogP contribution in [0.2, 0.25) is 5.02 Å². The Bertz CT molecular complexity index is 1760. The molecule has 7 nitrogen and oxygen atoms in total. The second kappa shape index (κ2) is 11.0. The third kappa shape index (κ3) is 5.30. The lowest BCUT2D eigenvalue weighted by Crippen LogP contribution is -2.40. The summed E-state index contributed by atoms with van der Waals surface area (Å²) >= 11 is 6.04. The number of nitrogens with one attached hydrogen (secondary N) is 1. The minimum Gasteiger partial charge on any atom is -0.389 e. The number of aliphatic hydroxyl groups excluding tert-OH is 1. The Kier molecular flexibility index (Phi) is 7.59. The van der Waals surface area contributed by atoms with Gasteiger partial charge in [0.05, 0.1) is 29.8 Å². The van der Waals surface area contributed by atoms with Crippen LogP contribution in [0, 0.1) is 13.8 Å². The molecule has 0 saturated carbocycles. The molecule has 0 bridgehead atoms. The van der Waals surface area contributed by atoms with Crippen LogP contribution in [-0.4, -0.2) is 36.6 Å². The highest BCUT2D eigenvalue weighted by Crippen LogP contribution is 2.34. The number of hydrogen-bond donors (Lipinski definition) is 2. The second-order valence-corrected chi connectivity index (χ2v) is 12.2. The number of amides is 1. The van der Waals surface area contributed by atoms with Crippen LogP contribution in [0.15, 0.2) is 89.8 Å². The van der Waals surface area contributed by atoms with Crippen molar-refractivity contribution in [3.05, 3.63) is 101 Å². The molecule has 206 valence electrons. The maximum Gasteiger partial charge on any atom is 0.264 e. The first kappa shape index (κ1) is 27.7. The molecule has 40 heavy (non-hydrogen) atoms. The van der Waals surface area contributed by atoms with Crippen molar-refractivity contribution in [2.24, 2.45) is 0 Å². The number of rotatable bonds is 8. The van der Waals surface area contributed by atoms with Gasteiger partial charge in [0.25, 0.3) is 10.0 Å². The molecular formula is C31H30ClN3O4S. The Morgan fingerprint density at radius 1 is 0.925 bits per heavy atom. The van der Waals surface area contributed by atoms with Gasteiger partial charge in [0.1, 0.15) is 0 Å². The van der Waals surface area contributed by atoms with Crippen molar-refractivity contribution in [3.8, 4) is 0 Å². The van der Waals surface area contributed by atoms with Crippen molar-refractivity contribution in [2.45, 2.75) is 38.3 Å². The molecule has 1 heterocycles. The molecule has 1 amide bonds. The summed E-state index contributed by atoms with van der Waals surface area (Å²) in [4.78, 5) is 11.7. The van der Waals surface area contributed by atoms with Crippen LogP contribution in [0.25, 0.3) is 21.8 Å². The summed E-state index contributed by atoms with van der Waals surface area (Å²) in [7, 11) is -4.09. The van der Waals surface area contributed by atoms with Crippen LogP contribution < -0.4 is 9.62 Å². The fourth-order valence-electron chi connectivity index (χ4n) is 5.33. The average Bonchev–Trinajstić information content (AvgIpc) is 3.21. The summed E-state index contributed by atoms with van der Waals surface area (Å²) < 4.78 is 31.4. The fraction of sp³-hybridized carbons (Fsp3) is 0.194. The van der Waals surface area contributed by atoms with E-state index >= 15 is 0 Å². The number of sulfonamides is 1. The molecule has 0 spiro atoms. The normalized spacial score (nSPS) is 12.5. The van der Waals surface area contributed by atoms with Gasteiger partial charge in [0.2, 0.25) is 5.91 Å². The predicted octanol–water partition coefficient (Wildman–Crippen LogP) is 6.28. The van der Waals surface area contributed by atoms with E-state index in [1.54, 1.807) is 26.0 Å². The summed E-state index contributed by atoms with van der Waals surface area (Å²) in [5.41, 5.74) is 4.23.